The molecule has 2 rings (SSSR count). The van der Waals surface area contributed by atoms with Crippen molar-refractivity contribution in [3.05, 3.63) is 68.8 Å². The van der Waals surface area contributed by atoms with E-state index in [1.165, 1.54) is 17.2 Å². The van der Waals surface area contributed by atoms with Gasteiger partial charge >= 0.3 is 5.69 Å². The van der Waals surface area contributed by atoms with Gasteiger partial charge in [-0.2, -0.15) is 0 Å². The average Bonchev–Trinajstić information content (AvgIpc) is 2.48. The van der Waals surface area contributed by atoms with Crippen LogP contribution in [0, 0.1) is 24.0 Å². The maximum atomic E-state index is 11.1. The molecule has 0 unspecified atom stereocenters. The SMILES string of the molecule is Cc1ccc(COc2ccc(CBr)cc2[N+](=O)[O-])cc1C. The molecule has 0 radical (unpaired) electrons. The van der Waals surface area contributed by atoms with E-state index >= 15 is 0 Å². The van der Waals surface area contributed by atoms with E-state index < -0.39 is 4.92 Å². The van der Waals surface area contributed by atoms with Crippen molar-refractivity contribution in [2.45, 2.75) is 25.8 Å². The van der Waals surface area contributed by atoms with Gasteiger partial charge in [-0.15, -0.1) is 0 Å². The van der Waals surface area contributed by atoms with Crippen LogP contribution in [0.1, 0.15) is 22.3 Å². The fourth-order valence-electron chi connectivity index (χ4n) is 1.97. The van der Waals surface area contributed by atoms with Crippen LogP contribution in [0.4, 0.5) is 5.69 Å². The molecule has 0 aliphatic heterocycles. The largest absolute Gasteiger partial charge is 0.482 e. The summed E-state index contributed by atoms with van der Waals surface area (Å²) in [5.41, 5.74) is 4.24. The number of hydrogen-bond donors (Lipinski definition) is 0. The number of nitro benzene ring substituents is 1. The Morgan fingerprint density at radius 3 is 2.43 bits per heavy atom. The predicted molar refractivity (Wildman–Crippen MR) is 86.0 cm³/mol. The zero-order valence-electron chi connectivity index (χ0n) is 11.9. The van der Waals surface area contributed by atoms with E-state index in [0.29, 0.717) is 17.7 Å². The van der Waals surface area contributed by atoms with Crippen molar-refractivity contribution < 1.29 is 9.66 Å². The van der Waals surface area contributed by atoms with E-state index in [1.807, 2.05) is 38.1 Å². The maximum absolute atomic E-state index is 11.1. The second-order valence-corrected chi connectivity index (χ2v) is 5.46. The number of halogens is 1. The molecule has 0 aliphatic carbocycles. The van der Waals surface area contributed by atoms with Gasteiger partial charge in [-0.25, -0.2) is 0 Å². The minimum atomic E-state index is -0.415. The number of benzene rings is 2. The first-order valence-corrected chi connectivity index (χ1v) is 7.65. The molecule has 0 saturated carbocycles. The first-order chi connectivity index (χ1) is 10.0. The molecule has 0 aliphatic rings. The quantitative estimate of drug-likeness (QED) is 0.447. The van der Waals surface area contributed by atoms with Crippen LogP contribution in [-0.4, -0.2) is 4.92 Å². The molecule has 21 heavy (non-hydrogen) atoms. The molecule has 0 fully saturated rings. The van der Waals surface area contributed by atoms with Crippen LogP contribution < -0.4 is 4.74 Å². The second-order valence-electron chi connectivity index (χ2n) is 4.90. The van der Waals surface area contributed by atoms with Gasteiger partial charge in [-0.1, -0.05) is 40.2 Å². The number of hydrogen-bond acceptors (Lipinski definition) is 3. The lowest BCUT2D eigenvalue weighted by Gasteiger charge is -2.09. The number of aryl methyl sites for hydroxylation is 2. The van der Waals surface area contributed by atoms with Crippen LogP contribution in [0.5, 0.6) is 5.75 Å². The van der Waals surface area contributed by atoms with Crippen molar-refractivity contribution >= 4 is 21.6 Å². The first-order valence-electron chi connectivity index (χ1n) is 6.53. The minimum absolute atomic E-state index is 0.00390. The Hall–Kier alpha value is -1.88. The van der Waals surface area contributed by atoms with Crippen molar-refractivity contribution in [2.24, 2.45) is 0 Å². The Morgan fingerprint density at radius 2 is 1.81 bits per heavy atom. The zero-order chi connectivity index (χ0) is 15.4. The molecule has 0 saturated heterocycles. The molecule has 0 bridgehead atoms. The van der Waals surface area contributed by atoms with Gasteiger partial charge in [0.05, 0.1) is 4.92 Å². The van der Waals surface area contributed by atoms with Crippen molar-refractivity contribution in [1.82, 2.24) is 0 Å². The third-order valence-corrected chi connectivity index (χ3v) is 3.99. The average molecular weight is 350 g/mol. The molecule has 0 aromatic heterocycles. The summed E-state index contributed by atoms with van der Waals surface area (Å²) in [5, 5.41) is 11.7. The van der Waals surface area contributed by atoms with Gasteiger partial charge in [-0.3, -0.25) is 10.1 Å². The highest BCUT2D eigenvalue weighted by Gasteiger charge is 2.16. The highest BCUT2D eigenvalue weighted by Crippen LogP contribution is 2.29. The fraction of sp³-hybridized carbons (Fsp3) is 0.250. The molecule has 4 nitrogen and oxygen atoms in total. The van der Waals surface area contributed by atoms with E-state index in [1.54, 1.807) is 6.07 Å². The molecule has 2 aromatic carbocycles. The van der Waals surface area contributed by atoms with Gasteiger partial charge in [-0.05, 0) is 42.2 Å². The van der Waals surface area contributed by atoms with Gasteiger partial charge in [0.1, 0.15) is 6.61 Å². The van der Waals surface area contributed by atoms with Crippen LogP contribution in [0.15, 0.2) is 36.4 Å². The van der Waals surface area contributed by atoms with E-state index in [0.717, 1.165) is 11.1 Å². The number of nitrogens with zero attached hydrogens (tertiary/aromatic N) is 1. The topological polar surface area (TPSA) is 52.4 Å². The normalized spacial score (nSPS) is 10.4. The second kappa shape index (κ2) is 6.72. The maximum Gasteiger partial charge on any atom is 0.311 e. The number of alkyl halides is 1. The summed E-state index contributed by atoms with van der Waals surface area (Å²) < 4.78 is 5.62. The molecular weight excluding hydrogens is 334 g/mol. The monoisotopic (exact) mass is 349 g/mol. The Labute approximate surface area is 132 Å². The number of nitro groups is 1. The fourth-order valence-corrected chi connectivity index (χ4v) is 2.31. The lowest BCUT2D eigenvalue weighted by Crippen LogP contribution is -2.00. The Kier molecular flexibility index (Phi) is 4.96. The lowest BCUT2D eigenvalue weighted by atomic mass is 10.1. The summed E-state index contributed by atoms with van der Waals surface area (Å²) in [6.07, 6.45) is 0. The van der Waals surface area contributed by atoms with Crippen molar-refractivity contribution in [3.8, 4) is 5.75 Å². The summed E-state index contributed by atoms with van der Waals surface area (Å²) in [6.45, 7) is 4.39. The summed E-state index contributed by atoms with van der Waals surface area (Å²) in [4.78, 5) is 10.7. The highest BCUT2D eigenvalue weighted by atomic mass is 79.9. The van der Waals surface area contributed by atoms with E-state index in [-0.39, 0.29) is 5.69 Å². The Bertz CT molecular complexity index is 671. The first kappa shape index (κ1) is 15.5. The van der Waals surface area contributed by atoms with Crippen LogP contribution >= 0.6 is 15.9 Å². The van der Waals surface area contributed by atoms with Gasteiger partial charge < -0.3 is 4.74 Å². The molecule has 0 atom stereocenters. The standard InChI is InChI=1S/C16H16BrNO3/c1-11-3-4-14(7-12(11)2)10-21-16-6-5-13(9-17)8-15(16)18(19)20/h3-8H,9-10H2,1-2H3. The minimum Gasteiger partial charge on any atom is -0.482 e. The summed E-state index contributed by atoms with van der Waals surface area (Å²) in [5.74, 6) is 0.294. The van der Waals surface area contributed by atoms with Crippen LogP contribution in [0.25, 0.3) is 0 Å². The summed E-state index contributed by atoms with van der Waals surface area (Å²) in [6, 6.07) is 11.0. The van der Waals surface area contributed by atoms with E-state index in [2.05, 4.69) is 15.9 Å². The Morgan fingerprint density at radius 1 is 1.10 bits per heavy atom. The van der Waals surface area contributed by atoms with Gasteiger partial charge in [0.2, 0.25) is 0 Å². The van der Waals surface area contributed by atoms with Gasteiger partial charge in [0.15, 0.2) is 5.75 Å². The molecule has 110 valence electrons. The van der Waals surface area contributed by atoms with Gasteiger partial charge in [0, 0.05) is 11.4 Å². The molecule has 2 aromatic rings. The lowest BCUT2D eigenvalue weighted by molar-refractivity contribution is -0.386. The molecular formula is C16H16BrNO3. The highest BCUT2D eigenvalue weighted by molar-refractivity contribution is 9.08. The zero-order valence-corrected chi connectivity index (χ0v) is 13.5. The molecule has 0 spiro atoms. The van der Waals surface area contributed by atoms with Crippen molar-refractivity contribution in [1.29, 1.82) is 0 Å². The third-order valence-electron chi connectivity index (χ3n) is 3.34. The van der Waals surface area contributed by atoms with Crippen LogP contribution in [0.3, 0.4) is 0 Å². The molecule has 0 N–H and O–H groups in total. The smallest absolute Gasteiger partial charge is 0.311 e. The van der Waals surface area contributed by atoms with Crippen molar-refractivity contribution in [3.63, 3.8) is 0 Å². The third kappa shape index (κ3) is 3.82. The number of ether oxygens (including phenoxy) is 1. The van der Waals surface area contributed by atoms with Crippen molar-refractivity contribution in [2.75, 3.05) is 0 Å². The number of rotatable bonds is 5. The molecule has 0 heterocycles. The Balaban J connectivity index is 2.19. The van der Waals surface area contributed by atoms with E-state index in [4.69, 9.17) is 4.74 Å². The molecule has 0 amide bonds. The van der Waals surface area contributed by atoms with Crippen LogP contribution in [-0.2, 0) is 11.9 Å². The van der Waals surface area contributed by atoms with Crippen LogP contribution in [0.2, 0.25) is 0 Å². The molecule has 5 heteroatoms. The van der Waals surface area contributed by atoms with E-state index in [9.17, 15) is 10.1 Å². The van der Waals surface area contributed by atoms with Gasteiger partial charge in [0.25, 0.3) is 0 Å². The summed E-state index contributed by atoms with van der Waals surface area (Å²) >= 11 is 3.29. The summed E-state index contributed by atoms with van der Waals surface area (Å²) in [7, 11) is 0. The predicted octanol–water partition coefficient (Wildman–Crippen LogP) is 4.69.